The SMILES string of the molecule is CC(CC[O-])OC(C(F)(F)F)C(F)(F)F.[Li+]. The molecule has 16 heavy (non-hydrogen) atoms. The third kappa shape index (κ3) is 6.63. The molecule has 0 saturated carbocycles. The first-order valence-corrected chi connectivity index (χ1v) is 3.96. The summed E-state index contributed by atoms with van der Waals surface area (Å²) in [6, 6.07) is 0. The van der Waals surface area contributed by atoms with Gasteiger partial charge in [0.15, 0.2) is 0 Å². The molecule has 0 aliphatic rings. The summed E-state index contributed by atoms with van der Waals surface area (Å²) in [4.78, 5) is 0. The second-order valence-electron chi connectivity index (χ2n) is 2.90. The van der Waals surface area contributed by atoms with Gasteiger partial charge in [0.05, 0.1) is 6.10 Å². The van der Waals surface area contributed by atoms with E-state index in [0.717, 1.165) is 6.92 Å². The number of hydrogen-bond donors (Lipinski definition) is 0. The van der Waals surface area contributed by atoms with Crippen molar-refractivity contribution in [2.45, 2.75) is 37.9 Å². The molecule has 92 valence electrons. The van der Waals surface area contributed by atoms with Crippen LogP contribution in [0.15, 0.2) is 0 Å². The van der Waals surface area contributed by atoms with Crippen LogP contribution < -0.4 is 24.0 Å². The van der Waals surface area contributed by atoms with E-state index in [1.165, 1.54) is 0 Å². The first-order chi connectivity index (χ1) is 6.59. The molecular weight excluding hydrogens is 237 g/mol. The molecule has 1 atom stereocenters. The van der Waals surface area contributed by atoms with Crippen LogP contribution in [0.1, 0.15) is 13.3 Å². The number of hydrogen-bond acceptors (Lipinski definition) is 2. The Bertz CT molecular complexity index is 178. The van der Waals surface area contributed by atoms with E-state index in [-0.39, 0.29) is 18.9 Å². The van der Waals surface area contributed by atoms with E-state index in [1.807, 2.05) is 0 Å². The minimum absolute atomic E-state index is 0. The van der Waals surface area contributed by atoms with Crippen LogP contribution in [0.25, 0.3) is 0 Å². The van der Waals surface area contributed by atoms with Crippen LogP contribution in [0.3, 0.4) is 0 Å². The Morgan fingerprint density at radius 3 is 1.69 bits per heavy atom. The zero-order valence-corrected chi connectivity index (χ0v) is 8.65. The Morgan fingerprint density at radius 2 is 1.44 bits per heavy atom. The number of alkyl halides is 6. The van der Waals surface area contributed by atoms with Crippen LogP contribution in [0.5, 0.6) is 0 Å². The van der Waals surface area contributed by atoms with Crippen molar-refractivity contribution in [3.8, 4) is 0 Å². The maximum absolute atomic E-state index is 11.9. The van der Waals surface area contributed by atoms with Crippen LogP contribution in [-0.4, -0.2) is 31.2 Å². The van der Waals surface area contributed by atoms with Gasteiger partial charge in [0, 0.05) is 0 Å². The molecule has 0 saturated heterocycles. The van der Waals surface area contributed by atoms with Gasteiger partial charge in [0.2, 0.25) is 6.10 Å². The molecule has 0 aliphatic carbocycles. The first kappa shape index (κ1) is 18.5. The van der Waals surface area contributed by atoms with E-state index < -0.39 is 37.6 Å². The zero-order chi connectivity index (χ0) is 12.3. The van der Waals surface area contributed by atoms with Crippen molar-refractivity contribution in [2.75, 3.05) is 6.61 Å². The van der Waals surface area contributed by atoms with Crippen LogP contribution in [0.4, 0.5) is 26.3 Å². The summed E-state index contributed by atoms with van der Waals surface area (Å²) >= 11 is 0. The summed E-state index contributed by atoms with van der Waals surface area (Å²) in [5, 5.41) is 9.98. The molecule has 0 aromatic carbocycles. The van der Waals surface area contributed by atoms with Crippen LogP contribution in [0, 0.1) is 0 Å². The summed E-state index contributed by atoms with van der Waals surface area (Å²) in [5.74, 6) is 0. The number of halogens is 6. The fourth-order valence-electron chi connectivity index (χ4n) is 0.806. The Morgan fingerprint density at radius 1 is 1.06 bits per heavy atom. The van der Waals surface area contributed by atoms with Crippen LogP contribution in [-0.2, 0) is 4.74 Å². The molecule has 0 amide bonds. The van der Waals surface area contributed by atoms with E-state index in [0.29, 0.717) is 0 Å². The van der Waals surface area contributed by atoms with Crippen molar-refractivity contribution in [1.82, 2.24) is 0 Å². The Balaban J connectivity index is 0. The number of ether oxygens (including phenoxy) is 1. The average molecular weight is 246 g/mol. The molecule has 0 spiro atoms. The fourth-order valence-corrected chi connectivity index (χ4v) is 0.806. The fraction of sp³-hybridized carbons (Fsp3) is 1.00. The molecule has 1 unspecified atom stereocenters. The molecule has 0 radical (unpaired) electrons. The second-order valence-corrected chi connectivity index (χ2v) is 2.90. The van der Waals surface area contributed by atoms with E-state index in [9.17, 15) is 31.4 Å². The van der Waals surface area contributed by atoms with Gasteiger partial charge in [0.1, 0.15) is 0 Å². The van der Waals surface area contributed by atoms with Crippen molar-refractivity contribution < 1.29 is 55.0 Å². The van der Waals surface area contributed by atoms with Gasteiger partial charge in [-0.1, -0.05) is 0 Å². The Labute approximate surface area is 100 Å². The van der Waals surface area contributed by atoms with Gasteiger partial charge < -0.3 is 9.84 Å². The average Bonchev–Trinajstić information content (AvgIpc) is 1.96. The first-order valence-electron chi connectivity index (χ1n) is 3.96. The smallest absolute Gasteiger partial charge is 0.854 e. The molecule has 0 N–H and O–H groups in total. The minimum atomic E-state index is -5.52. The van der Waals surface area contributed by atoms with Gasteiger partial charge in [-0.25, -0.2) is 0 Å². The van der Waals surface area contributed by atoms with Gasteiger partial charge in [-0.05, 0) is 13.3 Å². The molecule has 0 aromatic heterocycles. The molecule has 0 heterocycles. The van der Waals surface area contributed by atoms with E-state index in [1.54, 1.807) is 0 Å². The molecule has 0 aliphatic heterocycles. The van der Waals surface area contributed by atoms with Gasteiger partial charge in [-0.15, -0.1) is 6.61 Å². The predicted molar refractivity (Wildman–Crippen MR) is 35.9 cm³/mol. The minimum Gasteiger partial charge on any atom is -0.854 e. The van der Waals surface area contributed by atoms with Crippen molar-refractivity contribution in [2.24, 2.45) is 0 Å². The molecule has 0 fully saturated rings. The summed E-state index contributed by atoms with van der Waals surface area (Å²) < 4.78 is 75.1. The van der Waals surface area contributed by atoms with Crippen molar-refractivity contribution >= 4 is 0 Å². The third-order valence-electron chi connectivity index (χ3n) is 1.49. The molecule has 0 bridgehead atoms. The summed E-state index contributed by atoms with van der Waals surface area (Å²) in [5.41, 5.74) is 0. The van der Waals surface area contributed by atoms with Crippen LogP contribution >= 0.6 is 0 Å². The standard InChI is InChI=1S/C7H9F6O2.Li/c1-4(2-3-14)15-5(6(8,9)10)7(11,12)13;/h4-5H,2-3H2,1H3;/q-1;+1. The Kier molecular flexibility index (Phi) is 7.78. The molecule has 0 rings (SSSR count). The van der Waals surface area contributed by atoms with Gasteiger partial charge >= 0.3 is 31.2 Å². The van der Waals surface area contributed by atoms with Crippen LogP contribution in [0.2, 0.25) is 0 Å². The van der Waals surface area contributed by atoms with Gasteiger partial charge in [0.25, 0.3) is 0 Å². The summed E-state index contributed by atoms with van der Waals surface area (Å²) in [6.07, 6.45) is -16.6. The largest absolute Gasteiger partial charge is 1.00 e. The summed E-state index contributed by atoms with van der Waals surface area (Å²) in [7, 11) is 0. The molecule has 9 heteroatoms. The monoisotopic (exact) mass is 246 g/mol. The van der Waals surface area contributed by atoms with Gasteiger partial charge in [-0.2, -0.15) is 26.3 Å². The second kappa shape index (κ2) is 6.74. The topological polar surface area (TPSA) is 32.3 Å². The maximum atomic E-state index is 11.9. The molecule has 0 aromatic rings. The van der Waals surface area contributed by atoms with E-state index in [4.69, 9.17) is 0 Å². The van der Waals surface area contributed by atoms with E-state index in [2.05, 4.69) is 4.74 Å². The quantitative estimate of drug-likeness (QED) is 0.453. The normalized spacial score (nSPS) is 14.8. The summed E-state index contributed by atoms with van der Waals surface area (Å²) in [6.45, 7) is 0.200. The molecule has 2 nitrogen and oxygen atoms in total. The number of rotatable bonds is 4. The van der Waals surface area contributed by atoms with Crippen molar-refractivity contribution in [3.63, 3.8) is 0 Å². The third-order valence-corrected chi connectivity index (χ3v) is 1.49. The van der Waals surface area contributed by atoms with Gasteiger partial charge in [-0.3, -0.25) is 0 Å². The van der Waals surface area contributed by atoms with Crippen molar-refractivity contribution in [1.29, 1.82) is 0 Å². The predicted octanol–water partition coefficient (Wildman–Crippen LogP) is -1.36. The zero-order valence-electron chi connectivity index (χ0n) is 8.65. The Hall–Kier alpha value is 0.0974. The molecular formula is C7H9F6LiO2. The van der Waals surface area contributed by atoms with E-state index >= 15 is 0 Å². The van der Waals surface area contributed by atoms with Crippen molar-refractivity contribution in [3.05, 3.63) is 0 Å². The maximum Gasteiger partial charge on any atom is 1.00 e.